The number of pyridine rings is 1. The van der Waals surface area contributed by atoms with Gasteiger partial charge in [-0.15, -0.1) is 0 Å². The van der Waals surface area contributed by atoms with Gasteiger partial charge in [0, 0.05) is 22.3 Å². The summed E-state index contributed by atoms with van der Waals surface area (Å²) in [6.07, 6.45) is 1.81. The summed E-state index contributed by atoms with van der Waals surface area (Å²) < 4.78 is 19.0. The Labute approximate surface area is 115 Å². The molecule has 0 saturated heterocycles. The average Bonchev–Trinajstić information content (AvgIpc) is 2.39. The molecule has 1 atom stereocenters. The van der Waals surface area contributed by atoms with E-state index in [1.165, 1.54) is 30.6 Å². The summed E-state index contributed by atoms with van der Waals surface area (Å²) in [6.45, 7) is 2.33. The molecule has 3 nitrogen and oxygen atoms in total. The molecule has 0 aliphatic rings. The van der Waals surface area contributed by atoms with Crippen molar-refractivity contribution in [3.63, 3.8) is 0 Å². The molecule has 0 aliphatic heterocycles. The highest BCUT2D eigenvalue weighted by atomic mass is 35.5. The van der Waals surface area contributed by atoms with Crippen LogP contribution < -0.4 is 4.74 Å². The molecule has 100 valence electrons. The van der Waals surface area contributed by atoms with Crippen molar-refractivity contribution in [2.24, 2.45) is 0 Å². The number of aromatic nitrogens is 1. The number of ether oxygens (including phenoxy) is 1. The summed E-state index contributed by atoms with van der Waals surface area (Å²) in [5.74, 6) is -0.0340. The first-order chi connectivity index (χ1) is 9.13. The number of aliphatic hydroxyl groups excluding tert-OH is 1. The van der Waals surface area contributed by atoms with Gasteiger partial charge in [0.15, 0.2) is 0 Å². The van der Waals surface area contributed by atoms with Gasteiger partial charge in [-0.1, -0.05) is 17.7 Å². The zero-order valence-electron chi connectivity index (χ0n) is 10.3. The van der Waals surface area contributed by atoms with E-state index in [4.69, 9.17) is 16.3 Å². The van der Waals surface area contributed by atoms with Crippen LogP contribution in [0.4, 0.5) is 4.39 Å². The number of nitrogens with zero attached hydrogens (tertiary/aromatic N) is 1. The first-order valence-electron chi connectivity index (χ1n) is 5.83. The molecular formula is C14H13ClFNO2. The molecular weight excluding hydrogens is 269 g/mol. The van der Waals surface area contributed by atoms with Crippen LogP contribution in [0.2, 0.25) is 5.02 Å². The fraction of sp³-hybridized carbons (Fsp3) is 0.214. The molecule has 0 saturated carbocycles. The van der Waals surface area contributed by atoms with Gasteiger partial charge in [0.2, 0.25) is 0 Å². The largest absolute Gasteiger partial charge is 0.492 e. The van der Waals surface area contributed by atoms with Gasteiger partial charge >= 0.3 is 0 Å². The van der Waals surface area contributed by atoms with Crippen molar-refractivity contribution in [1.29, 1.82) is 0 Å². The molecule has 1 unspecified atom stereocenters. The molecule has 1 N–H and O–H groups in total. The Kier molecular flexibility index (Phi) is 4.35. The van der Waals surface area contributed by atoms with E-state index >= 15 is 0 Å². The van der Waals surface area contributed by atoms with E-state index in [2.05, 4.69) is 4.98 Å². The number of hydrogen-bond donors (Lipinski definition) is 1. The van der Waals surface area contributed by atoms with Crippen LogP contribution in [0.1, 0.15) is 24.2 Å². The second-order valence-electron chi connectivity index (χ2n) is 3.92. The first kappa shape index (κ1) is 13.8. The molecule has 1 heterocycles. The van der Waals surface area contributed by atoms with Crippen molar-refractivity contribution >= 4 is 11.6 Å². The molecule has 5 heteroatoms. The Balaban J connectivity index is 2.38. The molecule has 2 aromatic rings. The van der Waals surface area contributed by atoms with Crippen molar-refractivity contribution < 1.29 is 14.2 Å². The van der Waals surface area contributed by atoms with E-state index in [0.29, 0.717) is 17.9 Å². The second-order valence-corrected chi connectivity index (χ2v) is 4.33. The summed E-state index contributed by atoms with van der Waals surface area (Å²) in [5.41, 5.74) is 0.470. The maximum Gasteiger partial charge on any atom is 0.137 e. The van der Waals surface area contributed by atoms with Gasteiger partial charge in [0.25, 0.3) is 0 Å². The Morgan fingerprint density at radius 3 is 2.89 bits per heavy atom. The predicted octanol–water partition coefficient (Wildman–Crippen LogP) is 3.35. The Hall–Kier alpha value is -1.65. The topological polar surface area (TPSA) is 42.4 Å². The lowest BCUT2D eigenvalue weighted by Gasteiger charge is -2.14. The van der Waals surface area contributed by atoms with Gasteiger partial charge in [0.1, 0.15) is 17.7 Å². The van der Waals surface area contributed by atoms with Crippen molar-refractivity contribution in [2.75, 3.05) is 6.61 Å². The lowest BCUT2D eigenvalue weighted by Crippen LogP contribution is -2.05. The van der Waals surface area contributed by atoms with Gasteiger partial charge in [-0.05, 0) is 25.1 Å². The molecule has 0 radical (unpaired) electrons. The van der Waals surface area contributed by atoms with E-state index < -0.39 is 11.9 Å². The highest BCUT2D eigenvalue weighted by Gasteiger charge is 2.19. The highest BCUT2D eigenvalue weighted by Crippen LogP contribution is 2.31. The van der Waals surface area contributed by atoms with Gasteiger partial charge in [0.05, 0.1) is 12.8 Å². The van der Waals surface area contributed by atoms with Crippen molar-refractivity contribution in [3.8, 4) is 5.75 Å². The van der Waals surface area contributed by atoms with Crippen LogP contribution in [-0.2, 0) is 0 Å². The summed E-state index contributed by atoms with van der Waals surface area (Å²) in [7, 11) is 0. The average molecular weight is 282 g/mol. The van der Waals surface area contributed by atoms with Gasteiger partial charge < -0.3 is 9.84 Å². The zero-order valence-corrected chi connectivity index (χ0v) is 11.1. The maximum absolute atomic E-state index is 13.7. The number of halogens is 2. The molecule has 19 heavy (non-hydrogen) atoms. The smallest absolute Gasteiger partial charge is 0.137 e. The molecule has 2 rings (SSSR count). The van der Waals surface area contributed by atoms with Gasteiger partial charge in [-0.2, -0.15) is 0 Å². The highest BCUT2D eigenvalue weighted by molar-refractivity contribution is 6.31. The van der Waals surface area contributed by atoms with Crippen LogP contribution in [0.3, 0.4) is 0 Å². The van der Waals surface area contributed by atoms with Crippen LogP contribution in [0.5, 0.6) is 5.75 Å². The number of rotatable bonds is 4. The monoisotopic (exact) mass is 281 g/mol. The quantitative estimate of drug-likeness (QED) is 0.934. The fourth-order valence-electron chi connectivity index (χ4n) is 1.77. The third kappa shape index (κ3) is 3.03. The summed E-state index contributed by atoms with van der Waals surface area (Å²) in [4.78, 5) is 3.96. The van der Waals surface area contributed by atoms with Crippen LogP contribution in [0.15, 0.2) is 36.7 Å². The van der Waals surface area contributed by atoms with E-state index in [9.17, 15) is 9.50 Å². The van der Waals surface area contributed by atoms with Crippen molar-refractivity contribution in [3.05, 3.63) is 58.6 Å². The fourth-order valence-corrected chi connectivity index (χ4v) is 2.04. The minimum atomic E-state index is -1.18. The molecule has 0 bridgehead atoms. The summed E-state index contributed by atoms with van der Waals surface area (Å²) in [5, 5.41) is 10.4. The predicted molar refractivity (Wildman–Crippen MR) is 70.9 cm³/mol. The Bertz CT molecular complexity index is 557. The lowest BCUT2D eigenvalue weighted by molar-refractivity contribution is 0.213. The first-order valence-corrected chi connectivity index (χ1v) is 6.21. The van der Waals surface area contributed by atoms with Gasteiger partial charge in [-0.3, -0.25) is 4.98 Å². The maximum atomic E-state index is 13.7. The van der Waals surface area contributed by atoms with Crippen LogP contribution in [0, 0.1) is 5.82 Å². The minimum absolute atomic E-state index is 0.0413. The number of hydrogen-bond acceptors (Lipinski definition) is 3. The van der Waals surface area contributed by atoms with E-state index in [-0.39, 0.29) is 10.6 Å². The Morgan fingerprint density at radius 1 is 1.42 bits per heavy atom. The third-order valence-corrected chi connectivity index (χ3v) is 2.96. The number of aliphatic hydroxyl groups is 1. The molecule has 0 amide bonds. The summed E-state index contributed by atoms with van der Waals surface area (Å²) >= 11 is 5.92. The van der Waals surface area contributed by atoms with Crippen LogP contribution in [-0.4, -0.2) is 16.7 Å². The molecule has 0 fully saturated rings. The third-order valence-electron chi connectivity index (χ3n) is 2.63. The van der Waals surface area contributed by atoms with Crippen molar-refractivity contribution in [2.45, 2.75) is 13.0 Å². The van der Waals surface area contributed by atoms with E-state index in [1.54, 1.807) is 6.07 Å². The van der Waals surface area contributed by atoms with E-state index in [1.807, 2.05) is 6.92 Å². The molecule has 1 aromatic carbocycles. The Morgan fingerprint density at radius 2 is 2.21 bits per heavy atom. The molecule has 0 spiro atoms. The lowest BCUT2D eigenvalue weighted by atomic mass is 10.0. The van der Waals surface area contributed by atoms with Gasteiger partial charge in [-0.25, -0.2) is 4.39 Å². The second kappa shape index (κ2) is 5.99. The molecule has 1 aromatic heterocycles. The number of benzene rings is 1. The summed E-state index contributed by atoms with van der Waals surface area (Å²) in [6, 6.07) is 5.89. The standard InChI is InChI=1S/C14H13ClFNO2/c1-2-19-10-6-9(7-17-8-10)14(18)13-11(15)4-3-5-12(13)16/h3-8,14,18H,2H2,1H3. The molecule has 0 aliphatic carbocycles. The normalized spacial score (nSPS) is 12.2. The van der Waals surface area contributed by atoms with Crippen molar-refractivity contribution in [1.82, 2.24) is 4.98 Å². The zero-order chi connectivity index (χ0) is 13.8. The van der Waals surface area contributed by atoms with Crippen LogP contribution >= 0.6 is 11.6 Å². The minimum Gasteiger partial charge on any atom is -0.492 e. The van der Waals surface area contributed by atoms with Crippen LogP contribution in [0.25, 0.3) is 0 Å². The van der Waals surface area contributed by atoms with E-state index in [0.717, 1.165) is 0 Å². The SMILES string of the molecule is CCOc1cncc(C(O)c2c(F)cccc2Cl)c1.